The highest BCUT2D eigenvalue weighted by Crippen LogP contribution is 2.26. The molecule has 0 saturated heterocycles. The van der Waals surface area contributed by atoms with Crippen molar-refractivity contribution in [1.29, 1.82) is 0 Å². The zero-order valence-corrected chi connectivity index (χ0v) is 12.6. The topological polar surface area (TPSA) is 74.7 Å². The highest BCUT2D eigenvalue weighted by Gasteiger charge is 2.28. The summed E-state index contributed by atoms with van der Waals surface area (Å²) in [5.41, 5.74) is -0.764. The minimum absolute atomic E-state index is 0.147. The number of halogens is 2. The van der Waals surface area contributed by atoms with Crippen LogP contribution in [0.3, 0.4) is 0 Å². The SMILES string of the molecule is CCCCN(C)S(=O)(=O)c1cc(Cl)cc(C(=O)O)c1F. The lowest BCUT2D eigenvalue weighted by Gasteiger charge is -2.18. The second-order valence-corrected chi connectivity index (χ2v) is 6.70. The molecule has 0 heterocycles. The first-order chi connectivity index (χ1) is 9.21. The monoisotopic (exact) mass is 323 g/mol. The molecule has 0 bridgehead atoms. The zero-order chi connectivity index (χ0) is 15.5. The first kappa shape index (κ1) is 16.9. The molecule has 0 atom stereocenters. The smallest absolute Gasteiger partial charge is 0.338 e. The van der Waals surface area contributed by atoms with Gasteiger partial charge >= 0.3 is 5.97 Å². The van der Waals surface area contributed by atoms with E-state index in [4.69, 9.17) is 16.7 Å². The molecule has 0 amide bonds. The second-order valence-electron chi connectivity index (χ2n) is 4.25. The first-order valence-electron chi connectivity index (χ1n) is 5.90. The van der Waals surface area contributed by atoms with Crippen molar-refractivity contribution in [3.8, 4) is 0 Å². The number of unbranched alkanes of at least 4 members (excludes halogenated alkanes) is 1. The van der Waals surface area contributed by atoms with Gasteiger partial charge in [0.05, 0.1) is 5.56 Å². The van der Waals surface area contributed by atoms with Crippen molar-refractivity contribution in [2.24, 2.45) is 0 Å². The molecular formula is C12H15ClFNO4S. The fourth-order valence-electron chi connectivity index (χ4n) is 1.58. The maximum atomic E-state index is 14.0. The van der Waals surface area contributed by atoms with Gasteiger partial charge < -0.3 is 5.11 Å². The van der Waals surface area contributed by atoms with Crippen molar-refractivity contribution >= 4 is 27.6 Å². The van der Waals surface area contributed by atoms with Gasteiger partial charge in [-0.3, -0.25) is 0 Å². The average molecular weight is 324 g/mol. The number of benzene rings is 1. The molecule has 0 saturated carbocycles. The Hall–Kier alpha value is -1.18. The number of aromatic carboxylic acids is 1. The van der Waals surface area contributed by atoms with E-state index in [1.54, 1.807) is 0 Å². The van der Waals surface area contributed by atoms with Crippen LogP contribution in [-0.2, 0) is 10.0 Å². The Bertz CT molecular complexity index is 618. The molecule has 0 aliphatic rings. The van der Waals surface area contributed by atoms with E-state index in [0.717, 1.165) is 22.9 Å². The lowest BCUT2D eigenvalue weighted by molar-refractivity contribution is 0.0691. The number of sulfonamides is 1. The molecule has 0 fully saturated rings. The summed E-state index contributed by atoms with van der Waals surface area (Å²) in [4.78, 5) is 10.2. The van der Waals surface area contributed by atoms with Gasteiger partial charge in [0.2, 0.25) is 10.0 Å². The first-order valence-corrected chi connectivity index (χ1v) is 7.72. The van der Waals surface area contributed by atoms with Crippen LogP contribution in [0.4, 0.5) is 4.39 Å². The quantitative estimate of drug-likeness (QED) is 0.873. The molecule has 1 rings (SSSR count). The van der Waals surface area contributed by atoms with Gasteiger partial charge in [-0.2, -0.15) is 0 Å². The molecule has 0 aromatic heterocycles. The fourth-order valence-corrected chi connectivity index (χ4v) is 3.18. The maximum Gasteiger partial charge on any atom is 0.338 e. The highest BCUT2D eigenvalue weighted by molar-refractivity contribution is 7.89. The lowest BCUT2D eigenvalue weighted by Crippen LogP contribution is -2.29. The van der Waals surface area contributed by atoms with Crippen molar-refractivity contribution in [1.82, 2.24) is 4.31 Å². The molecule has 0 unspecified atom stereocenters. The van der Waals surface area contributed by atoms with E-state index in [0.29, 0.717) is 6.42 Å². The minimum Gasteiger partial charge on any atom is -0.478 e. The summed E-state index contributed by atoms with van der Waals surface area (Å²) in [5.74, 6) is -2.87. The maximum absolute atomic E-state index is 14.0. The van der Waals surface area contributed by atoms with Crippen LogP contribution in [0, 0.1) is 5.82 Å². The van der Waals surface area contributed by atoms with Crippen LogP contribution in [0.15, 0.2) is 17.0 Å². The van der Waals surface area contributed by atoms with Gasteiger partial charge in [-0.05, 0) is 18.6 Å². The fraction of sp³-hybridized carbons (Fsp3) is 0.417. The Morgan fingerprint density at radius 3 is 2.55 bits per heavy atom. The van der Waals surface area contributed by atoms with E-state index < -0.39 is 32.3 Å². The third-order valence-electron chi connectivity index (χ3n) is 2.75. The Kier molecular flexibility index (Phi) is 5.50. The van der Waals surface area contributed by atoms with E-state index in [1.807, 2.05) is 6.92 Å². The predicted molar refractivity (Wildman–Crippen MR) is 73.1 cm³/mol. The number of nitrogens with zero attached hydrogens (tertiary/aromatic N) is 1. The summed E-state index contributed by atoms with van der Waals surface area (Å²) in [6.07, 6.45) is 1.39. The highest BCUT2D eigenvalue weighted by atomic mass is 35.5. The molecule has 1 N–H and O–H groups in total. The largest absolute Gasteiger partial charge is 0.478 e. The van der Waals surface area contributed by atoms with Crippen LogP contribution in [0.2, 0.25) is 5.02 Å². The van der Waals surface area contributed by atoms with Crippen molar-refractivity contribution in [2.75, 3.05) is 13.6 Å². The summed E-state index contributed by atoms with van der Waals surface area (Å²) in [6, 6.07) is 1.80. The lowest BCUT2D eigenvalue weighted by atomic mass is 10.2. The van der Waals surface area contributed by atoms with E-state index in [9.17, 15) is 17.6 Å². The predicted octanol–water partition coefficient (Wildman–Crippen LogP) is 2.60. The Balaban J connectivity index is 3.35. The number of rotatable bonds is 6. The molecule has 0 aliphatic carbocycles. The van der Waals surface area contributed by atoms with Crippen LogP contribution in [-0.4, -0.2) is 37.4 Å². The molecule has 0 radical (unpaired) electrons. The van der Waals surface area contributed by atoms with Crippen LogP contribution in [0.1, 0.15) is 30.1 Å². The molecule has 5 nitrogen and oxygen atoms in total. The summed E-state index contributed by atoms with van der Waals surface area (Å²) in [5, 5.41) is 8.71. The summed E-state index contributed by atoms with van der Waals surface area (Å²) in [6.45, 7) is 2.11. The molecule has 0 spiro atoms. The Morgan fingerprint density at radius 1 is 1.45 bits per heavy atom. The van der Waals surface area contributed by atoms with Crippen LogP contribution >= 0.6 is 11.6 Å². The van der Waals surface area contributed by atoms with E-state index in [1.165, 1.54) is 7.05 Å². The average Bonchev–Trinajstić information content (AvgIpc) is 2.37. The van der Waals surface area contributed by atoms with Crippen LogP contribution < -0.4 is 0 Å². The van der Waals surface area contributed by atoms with Gasteiger partial charge in [0.15, 0.2) is 5.82 Å². The van der Waals surface area contributed by atoms with Gasteiger partial charge in [0.1, 0.15) is 4.90 Å². The van der Waals surface area contributed by atoms with E-state index in [-0.39, 0.29) is 11.6 Å². The van der Waals surface area contributed by atoms with Gasteiger partial charge in [-0.15, -0.1) is 0 Å². The van der Waals surface area contributed by atoms with Crippen LogP contribution in [0.25, 0.3) is 0 Å². The van der Waals surface area contributed by atoms with Gasteiger partial charge in [0, 0.05) is 18.6 Å². The normalized spacial score (nSPS) is 11.8. The van der Waals surface area contributed by atoms with Crippen molar-refractivity contribution in [3.63, 3.8) is 0 Å². The van der Waals surface area contributed by atoms with Crippen LogP contribution in [0.5, 0.6) is 0 Å². The van der Waals surface area contributed by atoms with Gasteiger partial charge in [-0.25, -0.2) is 21.9 Å². The van der Waals surface area contributed by atoms with Gasteiger partial charge in [0.25, 0.3) is 0 Å². The summed E-state index contributed by atoms with van der Waals surface area (Å²) >= 11 is 5.67. The van der Waals surface area contributed by atoms with Crippen molar-refractivity contribution in [3.05, 3.63) is 28.5 Å². The standard InChI is InChI=1S/C12H15ClFNO4S/c1-3-4-5-15(2)20(18,19)10-7-8(13)6-9(11(10)14)12(16)17/h6-7H,3-5H2,1-2H3,(H,16,17). The van der Waals surface area contributed by atoms with Crippen molar-refractivity contribution < 1.29 is 22.7 Å². The minimum atomic E-state index is -4.11. The zero-order valence-electron chi connectivity index (χ0n) is 11.1. The number of carbonyl (C=O) groups is 1. The van der Waals surface area contributed by atoms with Gasteiger partial charge in [-0.1, -0.05) is 24.9 Å². The number of hydrogen-bond acceptors (Lipinski definition) is 3. The Morgan fingerprint density at radius 2 is 2.05 bits per heavy atom. The molecule has 1 aromatic carbocycles. The number of hydrogen-bond donors (Lipinski definition) is 1. The summed E-state index contributed by atoms with van der Waals surface area (Å²) in [7, 11) is -2.80. The molecule has 1 aromatic rings. The van der Waals surface area contributed by atoms with E-state index >= 15 is 0 Å². The Labute approximate surface area is 122 Å². The number of carboxylic acid groups (broad SMARTS) is 1. The molecule has 0 aliphatic heterocycles. The molecule has 112 valence electrons. The molecule has 20 heavy (non-hydrogen) atoms. The third-order valence-corrected chi connectivity index (χ3v) is 4.82. The third kappa shape index (κ3) is 3.47. The second kappa shape index (κ2) is 6.51. The van der Waals surface area contributed by atoms with Crippen molar-refractivity contribution in [2.45, 2.75) is 24.7 Å². The van der Waals surface area contributed by atoms with E-state index in [2.05, 4.69) is 0 Å². The summed E-state index contributed by atoms with van der Waals surface area (Å²) < 4.78 is 39.5. The molecule has 8 heteroatoms. The molecular weight excluding hydrogens is 309 g/mol. The number of carboxylic acids is 1.